The van der Waals surface area contributed by atoms with Crippen LogP contribution >= 0.6 is 11.8 Å². The van der Waals surface area contributed by atoms with Crippen LogP contribution in [0.25, 0.3) is 11.5 Å². The summed E-state index contributed by atoms with van der Waals surface area (Å²) in [6.07, 6.45) is 0.815. The minimum atomic E-state index is -0.220. The van der Waals surface area contributed by atoms with Crippen LogP contribution in [0.2, 0.25) is 0 Å². The number of aromatic nitrogens is 2. The summed E-state index contributed by atoms with van der Waals surface area (Å²) in [5, 5.41) is 11.2. The SMILES string of the molecule is COc1cc(-c2nnc(SCC(=O)Nc3ccc4c(c3)OCCCO4)o2)cc(OC)c1OC. The van der Waals surface area contributed by atoms with Crippen LogP contribution in [-0.2, 0) is 4.79 Å². The molecule has 0 spiro atoms. The molecule has 1 amide bonds. The highest BCUT2D eigenvalue weighted by Gasteiger charge is 2.18. The summed E-state index contributed by atoms with van der Waals surface area (Å²) in [5.41, 5.74) is 1.22. The molecule has 0 radical (unpaired) electrons. The van der Waals surface area contributed by atoms with Crippen molar-refractivity contribution in [1.82, 2.24) is 10.2 Å². The molecule has 2 aromatic carbocycles. The predicted octanol–water partition coefficient (Wildman–Crippen LogP) is 3.65. The molecule has 2 heterocycles. The Morgan fingerprint density at radius 3 is 2.42 bits per heavy atom. The average Bonchev–Trinajstić information content (AvgIpc) is 3.19. The molecule has 174 valence electrons. The second kappa shape index (κ2) is 10.3. The van der Waals surface area contributed by atoms with Crippen LogP contribution in [0.4, 0.5) is 5.69 Å². The Labute approximate surface area is 194 Å². The molecule has 4 rings (SSSR count). The van der Waals surface area contributed by atoms with Crippen molar-refractivity contribution in [2.75, 3.05) is 45.6 Å². The summed E-state index contributed by atoms with van der Waals surface area (Å²) >= 11 is 1.13. The van der Waals surface area contributed by atoms with Gasteiger partial charge < -0.3 is 33.4 Å². The van der Waals surface area contributed by atoms with Crippen LogP contribution in [0.5, 0.6) is 28.7 Å². The van der Waals surface area contributed by atoms with Crippen LogP contribution in [-0.4, -0.2) is 56.4 Å². The van der Waals surface area contributed by atoms with Crippen molar-refractivity contribution in [2.24, 2.45) is 0 Å². The van der Waals surface area contributed by atoms with Crippen molar-refractivity contribution in [2.45, 2.75) is 11.6 Å². The summed E-state index contributed by atoms with van der Waals surface area (Å²) in [6.45, 7) is 1.18. The lowest BCUT2D eigenvalue weighted by Crippen LogP contribution is -2.14. The fourth-order valence-electron chi connectivity index (χ4n) is 3.15. The minimum Gasteiger partial charge on any atom is -0.493 e. The number of fused-ring (bicyclic) bond motifs is 1. The molecule has 1 aliphatic rings. The number of carbonyl (C=O) groups excluding carboxylic acids is 1. The third-order valence-corrected chi connectivity index (χ3v) is 5.49. The number of ether oxygens (including phenoxy) is 5. The number of hydrogen-bond acceptors (Lipinski definition) is 10. The lowest BCUT2D eigenvalue weighted by molar-refractivity contribution is -0.113. The van der Waals surface area contributed by atoms with E-state index in [1.54, 1.807) is 30.3 Å². The van der Waals surface area contributed by atoms with Crippen LogP contribution in [0.15, 0.2) is 40.0 Å². The van der Waals surface area contributed by atoms with Crippen molar-refractivity contribution in [3.8, 4) is 40.2 Å². The number of nitrogens with one attached hydrogen (secondary N) is 1. The van der Waals surface area contributed by atoms with E-state index in [2.05, 4.69) is 15.5 Å². The molecule has 3 aromatic rings. The highest BCUT2D eigenvalue weighted by atomic mass is 32.2. The number of amides is 1. The molecule has 1 aromatic heterocycles. The lowest BCUT2D eigenvalue weighted by Gasteiger charge is -2.12. The molecule has 33 heavy (non-hydrogen) atoms. The van der Waals surface area contributed by atoms with E-state index in [-0.39, 0.29) is 22.8 Å². The first kappa shape index (κ1) is 22.6. The van der Waals surface area contributed by atoms with Gasteiger partial charge in [-0.25, -0.2) is 0 Å². The smallest absolute Gasteiger partial charge is 0.277 e. The molecule has 1 N–H and O–H groups in total. The van der Waals surface area contributed by atoms with Crippen LogP contribution in [0.1, 0.15) is 6.42 Å². The fraction of sp³-hybridized carbons (Fsp3) is 0.318. The van der Waals surface area contributed by atoms with Gasteiger partial charge in [0.2, 0.25) is 17.5 Å². The molecule has 0 bridgehead atoms. The first-order valence-corrected chi connectivity index (χ1v) is 11.1. The van der Waals surface area contributed by atoms with E-state index in [0.717, 1.165) is 18.2 Å². The van der Waals surface area contributed by atoms with Crippen LogP contribution in [0, 0.1) is 0 Å². The third kappa shape index (κ3) is 5.25. The Balaban J connectivity index is 1.39. The van der Waals surface area contributed by atoms with Gasteiger partial charge in [-0.15, -0.1) is 10.2 Å². The highest BCUT2D eigenvalue weighted by Crippen LogP contribution is 2.41. The van der Waals surface area contributed by atoms with Crippen molar-refractivity contribution >= 4 is 23.4 Å². The number of methoxy groups -OCH3 is 3. The molecule has 10 nitrogen and oxygen atoms in total. The number of hydrogen-bond donors (Lipinski definition) is 1. The van der Waals surface area contributed by atoms with Gasteiger partial charge in [0.1, 0.15) is 0 Å². The van der Waals surface area contributed by atoms with Crippen molar-refractivity contribution in [1.29, 1.82) is 0 Å². The van der Waals surface area contributed by atoms with Crippen molar-refractivity contribution in [3.63, 3.8) is 0 Å². The number of thioether (sulfide) groups is 1. The first-order chi connectivity index (χ1) is 16.1. The molecule has 0 unspecified atom stereocenters. The van der Waals surface area contributed by atoms with Gasteiger partial charge in [-0.3, -0.25) is 4.79 Å². The summed E-state index contributed by atoms with van der Waals surface area (Å²) in [6, 6.07) is 8.72. The largest absolute Gasteiger partial charge is 0.493 e. The zero-order valence-electron chi connectivity index (χ0n) is 18.4. The first-order valence-electron chi connectivity index (χ1n) is 10.1. The second-order valence-electron chi connectivity index (χ2n) is 6.84. The highest BCUT2D eigenvalue weighted by molar-refractivity contribution is 7.99. The molecule has 0 atom stereocenters. The van der Waals surface area contributed by atoms with Gasteiger partial charge in [0.05, 0.1) is 40.3 Å². The van der Waals surface area contributed by atoms with E-state index in [0.29, 0.717) is 53.2 Å². The van der Waals surface area contributed by atoms with Gasteiger partial charge >= 0.3 is 0 Å². The summed E-state index contributed by atoms with van der Waals surface area (Å²) in [5.74, 6) is 2.81. The minimum absolute atomic E-state index is 0.0886. The molecule has 0 saturated heterocycles. The van der Waals surface area contributed by atoms with E-state index in [9.17, 15) is 4.79 Å². The Morgan fingerprint density at radius 1 is 1.00 bits per heavy atom. The van der Waals surface area contributed by atoms with E-state index in [1.165, 1.54) is 21.3 Å². The molecule has 0 aliphatic carbocycles. The maximum Gasteiger partial charge on any atom is 0.277 e. The van der Waals surface area contributed by atoms with Gasteiger partial charge in [-0.05, 0) is 24.3 Å². The third-order valence-electron chi connectivity index (χ3n) is 4.68. The summed E-state index contributed by atoms with van der Waals surface area (Å²) < 4.78 is 33.0. The number of benzene rings is 2. The summed E-state index contributed by atoms with van der Waals surface area (Å²) in [7, 11) is 4.58. The molecular weight excluding hydrogens is 450 g/mol. The Morgan fingerprint density at radius 2 is 1.73 bits per heavy atom. The Kier molecular flexibility index (Phi) is 7.08. The molecule has 1 aliphatic heterocycles. The monoisotopic (exact) mass is 473 g/mol. The van der Waals surface area contributed by atoms with E-state index >= 15 is 0 Å². The maximum absolute atomic E-state index is 12.4. The van der Waals surface area contributed by atoms with Crippen LogP contribution < -0.4 is 29.0 Å². The topological polar surface area (TPSA) is 114 Å². The Bertz CT molecular complexity index is 1110. The van der Waals surface area contributed by atoms with Gasteiger partial charge in [0.25, 0.3) is 5.22 Å². The molecule has 0 saturated carbocycles. The standard InChI is InChI=1S/C22H23N3O7S/c1-27-17-9-13(10-18(28-2)20(17)29-3)21-24-25-22(32-21)33-12-19(26)23-14-5-6-15-16(11-14)31-8-4-7-30-15/h5-6,9-11H,4,7-8,12H2,1-3H3,(H,23,26). The van der Waals surface area contributed by atoms with Crippen molar-refractivity contribution in [3.05, 3.63) is 30.3 Å². The van der Waals surface area contributed by atoms with E-state index < -0.39 is 0 Å². The van der Waals surface area contributed by atoms with E-state index in [4.69, 9.17) is 28.1 Å². The van der Waals surface area contributed by atoms with Crippen molar-refractivity contribution < 1.29 is 32.9 Å². The zero-order valence-corrected chi connectivity index (χ0v) is 19.2. The number of anilines is 1. The Hall–Kier alpha value is -3.60. The number of rotatable bonds is 8. The quantitative estimate of drug-likeness (QED) is 0.486. The van der Waals surface area contributed by atoms with Gasteiger partial charge in [0.15, 0.2) is 23.0 Å². The average molecular weight is 474 g/mol. The second-order valence-corrected chi connectivity index (χ2v) is 7.76. The van der Waals surface area contributed by atoms with Crippen LogP contribution in [0.3, 0.4) is 0 Å². The molecule has 11 heteroatoms. The van der Waals surface area contributed by atoms with E-state index in [1.807, 2.05) is 0 Å². The predicted molar refractivity (Wildman–Crippen MR) is 121 cm³/mol. The fourth-order valence-corrected chi connectivity index (χ4v) is 3.72. The summed E-state index contributed by atoms with van der Waals surface area (Å²) in [4.78, 5) is 12.4. The number of nitrogens with zero attached hydrogens (tertiary/aromatic N) is 2. The molecular formula is C22H23N3O7S. The van der Waals surface area contributed by atoms with Gasteiger partial charge in [0, 0.05) is 23.7 Å². The number of carbonyl (C=O) groups is 1. The maximum atomic E-state index is 12.4. The molecule has 0 fully saturated rings. The van der Waals surface area contributed by atoms with Gasteiger partial charge in [-0.1, -0.05) is 11.8 Å². The zero-order chi connectivity index (χ0) is 23.2. The van der Waals surface area contributed by atoms with Gasteiger partial charge in [-0.2, -0.15) is 0 Å². The normalized spacial score (nSPS) is 12.6. The lowest BCUT2D eigenvalue weighted by atomic mass is 10.2.